The summed E-state index contributed by atoms with van der Waals surface area (Å²) in [6, 6.07) is 4.57. The van der Waals surface area contributed by atoms with Crippen LogP contribution in [0.25, 0.3) is 11.0 Å². The van der Waals surface area contributed by atoms with Crippen LogP contribution >= 0.6 is 11.3 Å². The van der Waals surface area contributed by atoms with Crippen molar-refractivity contribution in [2.24, 2.45) is 5.41 Å². The maximum Gasteiger partial charge on any atom is 0.340 e. The van der Waals surface area contributed by atoms with E-state index in [4.69, 9.17) is 10.5 Å². The lowest BCUT2D eigenvalue weighted by atomic mass is 9.99. The van der Waals surface area contributed by atoms with Gasteiger partial charge in [0.25, 0.3) is 14.4 Å². The third kappa shape index (κ3) is 3.64. The van der Waals surface area contributed by atoms with Gasteiger partial charge in [0.1, 0.15) is 5.52 Å². The Kier molecular flexibility index (Phi) is 5.02. The molecule has 3 rings (SSSR count). The van der Waals surface area contributed by atoms with Gasteiger partial charge in [-0.15, -0.1) is 10.2 Å². The Balaban J connectivity index is 2.09. The number of nitrogens with two attached hydrogens (primary N) is 1. The van der Waals surface area contributed by atoms with Crippen LogP contribution in [0.4, 0.5) is 11.1 Å². The monoisotopic (exact) mass is 424 g/mol. The molecular formula is C16H20N6O4S2. The summed E-state index contributed by atoms with van der Waals surface area (Å²) in [6.07, 6.45) is 0. The van der Waals surface area contributed by atoms with E-state index < -0.39 is 16.0 Å². The molecule has 0 aliphatic heterocycles. The number of benzene rings is 1. The third-order valence-corrected chi connectivity index (χ3v) is 6.61. The van der Waals surface area contributed by atoms with Crippen molar-refractivity contribution in [2.45, 2.75) is 25.1 Å². The summed E-state index contributed by atoms with van der Waals surface area (Å²) in [5.41, 5.74) is 6.11. The number of nitrogens with zero attached hydrogens (tertiary/aromatic N) is 4. The van der Waals surface area contributed by atoms with Crippen LogP contribution in [0.5, 0.6) is 0 Å². The maximum absolute atomic E-state index is 13.0. The van der Waals surface area contributed by atoms with Crippen molar-refractivity contribution < 1.29 is 17.9 Å². The number of carbonyl (C=O) groups excluding carboxylic acids is 1. The first-order valence-corrected chi connectivity index (χ1v) is 10.5. The highest BCUT2D eigenvalue weighted by Gasteiger charge is 2.29. The molecule has 28 heavy (non-hydrogen) atoms. The first kappa shape index (κ1) is 20.0. The summed E-state index contributed by atoms with van der Waals surface area (Å²) in [6.45, 7) is 6.00. The molecule has 0 bridgehead atoms. The van der Waals surface area contributed by atoms with E-state index in [1.165, 1.54) is 12.1 Å². The Morgan fingerprint density at radius 1 is 1.32 bits per heavy atom. The van der Waals surface area contributed by atoms with Gasteiger partial charge in [-0.2, -0.15) is 12.4 Å². The summed E-state index contributed by atoms with van der Waals surface area (Å²) in [4.78, 5) is 16.6. The predicted molar refractivity (Wildman–Crippen MR) is 106 cm³/mol. The number of rotatable bonds is 5. The van der Waals surface area contributed by atoms with Gasteiger partial charge in [0.2, 0.25) is 11.1 Å². The maximum atomic E-state index is 13.0. The topological polar surface area (TPSA) is 142 Å². The van der Waals surface area contributed by atoms with E-state index >= 15 is 0 Å². The van der Waals surface area contributed by atoms with Crippen molar-refractivity contribution >= 4 is 49.4 Å². The van der Waals surface area contributed by atoms with Gasteiger partial charge in [0.15, 0.2) is 0 Å². The van der Waals surface area contributed by atoms with Gasteiger partial charge < -0.3 is 15.8 Å². The summed E-state index contributed by atoms with van der Waals surface area (Å²) in [5.74, 6) is -0.886. The van der Waals surface area contributed by atoms with Crippen LogP contribution in [0, 0.1) is 5.41 Å². The molecule has 0 spiro atoms. The van der Waals surface area contributed by atoms with Gasteiger partial charge in [-0.1, -0.05) is 38.2 Å². The second-order valence-electron chi connectivity index (χ2n) is 7.17. The minimum atomic E-state index is -4.14. The lowest BCUT2D eigenvalue weighted by Gasteiger charge is -2.17. The number of carbonyl (C=O) groups is 1. The van der Waals surface area contributed by atoms with E-state index in [2.05, 4.69) is 20.5 Å². The Morgan fingerprint density at radius 3 is 2.64 bits per heavy atom. The van der Waals surface area contributed by atoms with Gasteiger partial charge in [-0.3, -0.25) is 0 Å². The second kappa shape index (κ2) is 7.02. The Labute approximate surface area is 165 Å². The van der Waals surface area contributed by atoms with Crippen molar-refractivity contribution in [1.82, 2.24) is 19.2 Å². The summed E-state index contributed by atoms with van der Waals surface area (Å²) < 4.78 is 31.9. The van der Waals surface area contributed by atoms with Gasteiger partial charge in [-0.05, 0) is 17.5 Å². The summed E-state index contributed by atoms with van der Waals surface area (Å²) >= 11 is 0.860. The van der Waals surface area contributed by atoms with E-state index in [0.29, 0.717) is 5.13 Å². The molecule has 0 aliphatic rings. The van der Waals surface area contributed by atoms with Crippen molar-refractivity contribution in [3.63, 3.8) is 0 Å². The Bertz CT molecular complexity index is 1140. The number of anilines is 2. The number of nitrogen functional groups attached to an aromatic ring is 1. The molecule has 0 amide bonds. The highest BCUT2D eigenvalue weighted by Crippen LogP contribution is 2.29. The molecule has 0 unspecified atom stereocenters. The fourth-order valence-electron chi connectivity index (χ4n) is 2.37. The van der Waals surface area contributed by atoms with Crippen LogP contribution in [0.2, 0.25) is 0 Å². The van der Waals surface area contributed by atoms with Crippen molar-refractivity contribution in [3.05, 3.63) is 23.8 Å². The lowest BCUT2D eigenvalue weighted by Crippen LogP contribution is -2.18. The number of fused-ring (bicyclic) bond motifs is 1. The molecule has 2 aromatic heterocycles. The van der Waals surface area contributed by atoms with Crippen molar-refractivity contribution in [2.75, 3.05) is 24.7 Å². The molecule has 0 fully saturated rings. The highest BCUT2D eigenvalue weighted by molar-refractivity contribution is 7.92. The number of ether oxygens (including phenoxy) is 1. The molecule has 0 saturated carbocycles. The molecule has 3 aromatic rings. The number of para-hydroxylation sites is 1. The molecule has 150 valence electrons. The Morgan fingerprint density at radius 2 is 2.04 bits per heavy atom. The molecule has 10 nitrogen and oxygen atoms in total. The zero-order valence-electron chi connectivity index (χ0n) is 15.8. The first-order chi connectivity index (χ1) is 13.0. The number of esters is 1. The largest absolute Gasteiger partial charge is 0.461 e. The normalized spacial score (nSPS) is 12.3. The zero-order valence-corrected chi connectivity index (χ0v) is 17.4. The predicted octanol–water partition coefficient (Wildman–Crippen LogP) is 1.95. The average Bonchev–Trinajstić information content (AvgIpc) is 3.22. The summed E-state index contributed by atoms with van der Waals surface area (Å²) in [7, 11) is -2.53. The molecule has 1 aromatic carbocycles. The van der Waals surface area contributed by atoms with Crippen LogP contribution in [-0.4, -0.2) is 47.2 Å². The van der Waals surface area contributed by atoms with Crippen molar-refractivity contribution in [1.29, 1.82) is 0 Å². The number of hydrogen-bond donors (Lipinski definition) is 2. The second-order valence-corrected chi connectivity index (χ2v) is 10.1. The van der Waals surface area contributed by atoms with Crippen LogP contribution in [0.3, 0.4) is 0 Å². The molecule has 2 heterocycles. The van der Waals surface area contributed by atoms with Gasteiger partial charge >= 0.3 is 5.97 Å². The Hall–Kier alpha value is -2.73. The van der Waals surface area contributed by atoms with Crippen LogP contribution in [0.15, 0.2) is 22.5 Å². The molecule has 3 N–H and O–H groups in total. The van der Waals surface area contributed by atoms with Crippen molar-refractivity contribution in [3.8, 4) is 0 Å². The number of nitrogens with one attached hydrogen (secondary N) is 1. The quantitative estimate of drug-likeness (QED) is 0.587. The SMILES string of the molecule is CNc1nnc(S(=O)(=O)n2c(N)nc3c(C(=O)OCC(C)(C)C)cccc32)s1. The molecule has 0 saturated heterocycles. The molecule has 0 radical (unpaired) electrons. The zero-order chi connectivity index (χ0) is 20.7. The lowest BCUT2D eigenvalue weighted by molar-refractivity contribution is 0.0369. The van der Waals surface area contributed by atoms with E-state index in [9.17, 15) is 13.2 Å². The van der Waals surface area contributed by atoms with E-state index in [-0.39, 0.29) is 38.9 Å². The fraction of sp³-hybridized carbons (Fsp3) is 0.375. The van der Waals surface area contributed by atoms with Gasteiger partial charge in [-0.25, -0.2) is 9.78 Å². The molecular weight excluding hydrogens is 404 g/mol. The minimum absolute atomic E-state index is 0.135. The third-order valence-electron chi connectivity index (χ3n) is 3.61. The summed E-state index contributed by atoms with van der Waals surface area (Å²) in [5, 5.41) is 10.5. The molecule has 0 atom stereocenters. The van der Waals surface area contributed by atoms with Crippen LogP contribution in [-0.2, 0) is 14.8 Å². The van der Waals surface area contributed by atoms with E-state index in [0.717, 1.165) is 15.3 Å². The minimum Gasteiger partial charge on any atom is -0.461 e. The number of imidazole rings is 1. The van der Waals surface area contributed by atoms with Crippen LogP contribution < -0.4 is 11.1 Å². The fourth-order valence-corrected chi connectivity index (χ4v) is 4.67. The van der Waals surface area contributed by atoms with E-state index in [1.54, 1.807) is 13.1 Å². The number of aromatic nitrogens is 4. The molecule has 12 heteroatoms. The smallest absolute Gasteiger partial charge is 0.340 e. The van der Waals surface area contributed by atoms with Gasteiger partial charge in [0.05, 0.1) is 17.7 Å². The molecule has 0 aliphatic carbocycles. The first-order valence-electron chi connectivity index (χ1n) is 8.25. The highest BCUT2D eigenvalue weighted by atomic mass is 32.2. The standard InChI is InChI=1S/C16H20N6O4S2/c1-16(2,3)8-26-12(23)9-6-5-7-10-11(9)19-13(17)22(10)28(24,25)15-21-20-14(18-4)27-15/h5-7H,8H2,1-4H3,(H2,17,19)(H,18,20). The van der Waals surface area contributed by atoms with Crippen LogP contribution in [0.1, 0.15) is 31.1 Å². The number of hydrogen-bond acceptors (Lipinski definition) is 10. The van der Waals surface area contributed by atoms with Gasteiger partial charge in [0, 0.05) is 7.05 Å². The average molecular weight is 425 g/mol. The van der Waals surface area contributed by atoms with E-state index in [1.807, 2.05) is 20.8 Å².